The molecule has 0 radical (unpaired) electrons. The molecule has 0 aromatic rings. The Hall–Kier alpha value is -3.41. The van der Waals surface area contributed by atoms with Gasteiger partial charge in [-0.1, -0.05) is 189 Å². The van der Waals surface area contributed by atoms with E-state index in [4.69, 9.17) is 14.2 Å². The van der Waals surface area contributed by atoms with Crippen LogP contribution in [0.1, 0.15) is 188 Å². The van der Waals surface area contributed by atoms with Crippen molar-refractivity contribution in [3.05, 3.63) is 85.1 Å². The van der Waals surface area contributed by atoms with Crippen LogP contribution in [0.4, 0.5) is 0 Å². The molecule has 0 saturated heterocycles. The number of rotatable bonds is 38. The third-order valence-electron chi connectivity index (χ3n) is 8.99. The molecule has 0 amide bonds. The number of hydrogen-bond donors (Lipinski definition) is 0. The Morgan fingerprint density at radius 1 is 0.400 bits per heavy atom. The first kappa shape index (κ1) is 51.6. The summed E-state index contributed by atoms with van der Waals surface area (Å²) in [5.41, 5.74) is 0. The van der Waals surface area contributed by atoms with Crippen LogP contribution in [-0.2, 0) is 28.6 Å². The van der Waals surface area contributed by atoms with Crippen molar-refractivity contribution in [2.45, 2.75) is 194 Å². The van der Waals surface area contributed by atoms with E-state index in [1.54, 1.807) is 0 Å². The summed E-state index contributed by atoms with van der Waals surface area (Å²) in [7, 11) is 0. The van der Waals surface area contributed by atoms with E-state index >= 15 is 0 Å². The van der Waals surface area contributed by atoms with Crippen LogP contribution in [-0.4, -0.2) is 37.2 Å². The van der Waals surface area contributed by atoms with Gasteiger partial charge in [-0.2, -0.15) is 0 Å². The van der Waals surface area contributed by atoms with Crippen LogP contribution >= 0.6 is 0 Å². The van der Waals surface area contributed by atoms with Crippen molar-refractivity contribution in [3.63, 3.8) is 0 Å². The molecular weight excluding hydrogens is 685 g/mol. The molecule has 312 valence electrons. The summed E-state index contributed by atoms with van der Waals surface area (Å²) < 4.78 is 16.6. The van der Waals surface area contributed by atoms with Crippen molar-refractivity contribution in [1.29, 1.82) is 0 Å². The van der Waals surface area contributed by atoms with Crippen molar-refractivity contribution in [2.75, 3.05) is 13.2 Å². The molecular formula is C49H80O6. The van der Waals surface area contributed by atoms with Crippen LogP contribution in [0.2, 0.25) is 0 Å². The maximum Gasteiger partial charge on any atom is 0.306 e. The summed E-state index contributed by atoms with van der Waals surface area (Å²) >= 11 is 0. The third kappa shape index (κ3) is 41.6. The van der Waals surface area contributed by atoms with E-state index in [-0.39, 0.29) is 37.5 Å². The minimum Gasteiger partial charge on any atom is -0.462 e. The zero-order valence-electron chi connectivity index (χ0n) is 35.4. The van der Waals surface area contributed by atoms with Gasteiger partial charge in [-0.15, -0.1) is 0 Å². The highest BCUT2D eigenvalue weighted by Gasteiger charge is 2.19. The summed E-state index contributed by atoms with van der Waals surface area (Å²) in [5, 5.41) is 0. The molecule has 0 spiro atoms. The quantitative estimate of drug-likeness (QED) is 0.0205. The molecule has 0 aromatic heterocycles. The topological polar surface area (TPSA) is 78.9 Å². The van der Waals surface area contributed by atoms with Gasteiger partial charge >= 0.3 is 17.9 Å². The van der Waals surface area contributed by atoms with Gasteiger partial charge in [0.1, 0.15) is 13.2 Å². The van der Waals surface area contributed by atoms with Crippen LogP contribution in [0.3, 0.4) is 0 Å². The van der Waals surface area contributed by atoms with Gasteiger partial charge in [-0.3, -0.25) is 14.4 Å². The molecule has 6 nitrogen and oxygen atoms in total. The molecule has 0 aliphatic heterocycles. The van der Waals surface area contributed by atoms with Crippen molar-refractivity contribution in [1.82, 2.24) is 0 Å². The lowest BCUT2D eigenvalue weighted by Crippen LogP contribution is -2.30. The highest BCUT2D eigenvalue weighted by atomic mass is 16.6. The first-order valence-electron chi connectivity index (χ1n) is 22.1. The molecule has 55 heavy (non-hydrogen) atoms. The number of ether oxygens (including phenoxy) is 3. The van der Waals surface area contributed by atoms with E-state index in [0.717, 1.165) is 77.0 Å². The average Bonchev–Trinajstić information content (AvgIpc) is 3.18. The van der Waals surface area contributed by atoms with Gasteiger partial charge < -0.3 is 14.2 Å². The molecule has 1 atom stereocenters. The van der Waals surface area contributed by atoms with Crippen LogP contribution in [0, 0.1) is 0 Å². The molecule has 0 aliphatic carbocycles. The lowest BCUT2D eigenvalue weighted by molar-refractivity contribution is -0.167. The summed E-state index contributed by atoms with van der Waals surface area (Å²) in [6, 6.07) is 0. The van der Waals surface area contributed by atoms with Gasteiger partial charge in [0.05, 0.1) is 0 Å². The normalized spacial score (nSPS) is 12.9. The molecule has 0 rings (SSSR count). The van der Waals surface area contributed by atoms with Gasteiger partial charge in [-0.25, -0.2) is 0 Å². The van der Waals surface area contributed by atoms with Crippen molar-refractivity contribution in [2.24, 2.45) is 0 Å². The van der Waals surface area contributed by atoms with E-state index in [1.807, 2.05) is 36.5 Å². The van der Waals surface area contributed by atoms with Gasteiger partial charge in [0, 0.05) is 19.3 Å². The Bertz CT molecular complexity index is 1110. The van der Waals surface area contributed by atoms with Crippen LogP contribution in [0.5, 0.6) is 0 Å². The summed E-state index contributed by atoms with van der Waals surface area (Å²) in [5.74, 6) is -1.01. The second-order valence-electron chi connectivity index (χ2n) is 14.3. The van der Waals surface area contributed by atoms with Gasteiger partial charge in [-0.05, 0) is 64.2 Å². The summed E-state index contributed by atoms with van der Waals surface area (Å²) in [4.78, 5) is 37.7. The predicted molar refractivity (Wildman–Crippen MR) is 233 cm³/mol. The SMILES string of the molecule is CC\C=C/C=C\C=C/C=C\CCCCCC(=O)OCC(COC(=O)CCC/C=C\C/C=C\C/C=C\CC)OC(=O)CCCCCCCCCCCCCCC. The highest BCUT2D eigenvalue weighted by molar-refractivity contribution is 5.71. The van der Waals surface area contributed by atoms with Crippen molar-refractivity contribution < 1.29 is 28.6 Å². The molecule has 0 heterocycles. The standard InChI is InChI=1S/C49H80O6/c1-4-7-10-13-16-19-22-24-27-30-33-36-39-42-48(51)54-45-46(44-53-47(50)41-38-35-32-29-26-21-18-15-12-9-6-3)55-49(52)43-40-37-34-31-28-25-23-20-17-14-11-8-5-2/h7,9-10,12-13,16,18-19,21-22,24,27,29,32,46H,4-6,8,11,14-15,17,20,23,25-26,28,30-31,33-45H2,1-3H3/b10-7-,12-9-,16-13-,21-18-,22-19-,27-24-,32-29-. The Morgan fingerprint density at radius 3 is 1.38 bits per heavy atom. The minimum atomic E-state index is -0.808. The third-order valence-corrected chi connectivity index (χ3v) is 8.99. The van der Waals surface area contributed by atoms with Gasteiger partial charge in [0.25, 0.3) is 0 Å². The van der Waals surface area contributed by atoms with Crippen molar-refractivity contribution >= 4 is 17.9 Å². The molecule has 6 heteroatoms. The van der Waals surface area contributed by atoms with Crippen LogP contribution < -0.4 is 0 Å². The predicted octanol–water partition coefficient (Wildman–Crippen LogP) is 14.1. The second kappa shape index (κ2) is 43.3. The molecule has 0 fully saturated rings. The Labute approximate surface area is 337 Å². The zero-order valence-corrected chi connectivity index (χ0v) is 35.4. The van der Waals surface area contributed by atoms with E-state index in [2.05, 4.69) is 69.4 Å². The fraction of sp³-hybridized carbons (Fsp3) is 0.653. The molecule has 0 N–H and O–H groups in total. The molecule has 0 aromatic carbocycles. The lowest BCUT2D eigenvalue weighted by atomic mass is 10.0. The monoisotopic (exact) mass is 765 g/mol. The number of esters is 3. The fourth-order valence-electron chi connectivity index (χ4n) is 5.71. The molecule has 0 aliphatic rings. The van der Waals surface area contributed by atoms with Crippen LogP contribution in [0.25, 0.3) is 0 Å². The lowest BCUT2D eigenvalue weighted by Gasteiger charge is -2.18. The maximum absolute atomic E-state index is 12.7. The number of unbranched alkanes of at least 4 members (excludes halogenated alkanes) is 16. The number of carbonyl (C=O) groups is 3. The maximum atomic E-state index is 12.7. The van der Waals surface area contributed by atoms with Crippen molar-refractivity contribution in [3.8, 4) is 0 Å². The Balaban J connectivity index is 4.51. The minimum absolute atomic E-state index is 0.112. The molecule has 0 saturated carbocycles. The number of allylic oxidation sites excluding steroid dienone is 14. The van der Waals surface area contributed by atoms with E-state index in [9.17, 15) is 14.4 Å². The van der Waals surface area contributed by atoms with Gasteiger partial charge in [0.15, 0.2) is 6.10 Å². The van der Waals surface area contributed by atoms with Crippen LogP contribution in [0.15, 0.2) is 85.1 Å². The second-order valence-corrected chi connectivity index (χ2v) is 14.3. The first-order chi connectivity index (χ1) is 27.0. The number of carbonyl (C=O) groups excluding carboxylic acids is 3. The summed E-state index contributed by atoms with van der Waals surface area (Å²) in [6.07, 6.45) is 54.3. The fourth-order valence-corrected chi connectivity index (χ4v) is 5.71. The average molecular weight is 765 g/mol. The smallest absolute Gasteiger partial charge is 0.306 e. The first-order valence-corrected chi connectivity index (χ1v) is 22.1. The van der Waals surface area contributed by atoms with E-state index < -0.39 is 6.10 Å². The largest absolute Gasteiger partial charge is 0.462 e. The molecule has 1 unspecified atom stereocenters. The van der Waals surface area contributed by atoms with E-state index in [1.165, 1.54) is 64.2 Å². The Morgan fingerprint density at radius 2 is 0.818 bits per heavy atom. The van der Waals surface area contributed by atoms with E-state index in [0.29, 0.717) is 19.3 Å². The number of hydrogen-bond acceptors (Lipinski definition) is 6. The zero-order chi connectivity index (χ0) is 40.1. The Kier molecular flexibility index (Phi) is 40.6. The highest BCUT2D eigenvalue weighted by Crippen LogP contribution is 2.14. The van der Waals surface area contributed by atoms with Gasteiger partial charge in [0.2, 0.25) is 0 Å². The molecule has 0 bridgehead atoms. The summed E-state index contributed by atoms with van der Waals surface area (Å²) in [6.45, 7) is 6.27.